The summed E-state index contributed by atoms with van der Waals surface area (Å²) in [5, 5.41) is 11.5. The number of aromatic nitrogens is 2. The van der Waals surface area contributed by atoms with Gasteiger partial charge in [0.05, 0.1) is 16.3 Å². The van der Waals surface area contributed by atoms with E-state index in [1.54, 1.807) is 18.2 Å². The van der Waals surface area contributed by atoms with Crippen molar-refractivity contribution in [3.05, 3.63) is 95.1 Å². The number of fused-ring (bicyclic) bond motifs is 1. The van der Waals surface area contributed by atoms with Crippen molar-refractivity contribution in [3.63, 3.8) is 0 Å². The summed E-state index contributed by atoms with van der Waals surface area (Å²) in [5.74, 6) is 0.183. The number of halogens is 1. The number of anilines is 1. The van der Waals surface area contributed by atoms with Gasteiger partial charge in [0, 0.05) is 35.7 Å². The molecular formula is C33H35ClN4O4S. The van der Waals surface area contributed by atoms with E-state index < -0.39 is 22.0 Å². The molecule has 1 amide bonds. The van der Waals surface area contributed by atoms with Crippen LogP contribution in [0.4, 0.5) is 5.82 Å². The Kier molecular flexibility index (Phi) is 9.75. The van der Waals surface area contributed by atoms with Crippen molar-refractivity contribution in [1.82, 2.24) is 14.7 Å². The Morgan fingerprint density at radius 3 is 2.23 bits per heavy atom. The van der Waals surface area contributed by atoms with Crippen molar-refractivity contribution in [2.75, 3.05) is 18.0 Å². The summed E-state index contributed by atoms with van der Waals surface area (Å²) in [7, 11) is -3.85. The Hall–Kier alpha value is -3.79. The molecule has 1 unspecified atom stereocenters. The van der Waals surface area contributed by atoms with Crippen LogP contribution < -0.4 is 9.62 Å². The lowest BCUT2D eigenvalue weighted by Gasteiger charge is -2.33. The monoisotopic (exact) mass is 618 g/mol. The van der Waals surface area contributed by atoms with Crippen molar-refractivity contribution in [2.45, 2.75) is 56.4 Å². The highest BCUT2D eigenvalue weighted by Crippen LogP contribution is 2.38. The number of benzene rings is 3. The predicted octanol–water partition coefficient (Wildman–Crippen LogP) is 6.47. The normalized spacial score (nSPS) is 14.8. The maximum atomic E-state index is 12.3. The summed E-state index contributed by atoms with van der Waals surface area (Å²) < 4.78 is 26.8. The zero-order valence-corrected chi connectivity index (χ0v) is 25.6. The van der Waals surface area contributed by atoms with E-state index in [1.807, 2.05) is 55.5 Å². The van der Waals surface area contributed by atoms with Crippen LogP contribution in [0.15, 0.2) is 83.8 Å². The summed E-state index contributed by atoms with van der Waals surface area (Å²) in [5.41, 5.74) is 4.99. The number of aliphatic hydroxyl groups excluding tert-OH is 1. The molecule has 8 nitrogen and oxygen atoms in total. The van der Waals surface area contributed by atoms with Crippen LogP contribution in [-0.4, -0.2) is 42.5 Å². The highest BCUT2D eigenvalue weighted by Gasteiger charge is 2.29. The van der Waals surface area contributed by atoms with Gasteiger partial charge in [-0.25, -0.2) is 23.1 Å². The number of sulfonamides is 1. The lowest BCUT2D eigenvalue weighted by molar-refractivity contribution is -0.119. The van der Waals surface area contributed by atoms with E-state index in [0.717, 1.165) is 53.9 Å². The maximum Gasteiger partial charge on any atom is 0.264 e. The molecule has 2 N–H and O–H groups in total. The van der Waals surface area contributed by atoms with E-state index >= 15 is 0 Å². The van der Waals surface area contributed by atoms with Gasteiger partial charge in [-0.05, 0) is 50.5 Å². The maximum absolute atomic E-state index is 12.3. The molecule has 4 aromatic rings. The number of hydrogen-bond donors (Lipinski definition) is 2. The Labute approximate surface area is 257 Å². The van der Waals surface area contributed by atoms with Gasteiger partial charge in [0.2, 0.25) is 5.91 Å². The zero-order chi connectivity index (χ0) is 30.4. The lowest BCUT2D eigenvalue weighted by atomic mass is 10.0. The number of aliphatic hydroxyl groups is 1. The molecule has 0 spiro atoms. The number of hydrogen-bond acceptors (Lipinski definition) is 7. The quantitative estimate of drug-likeness (QED) is 0.185. The summed E-state index contributed by atoms with van der Waals surface area (Å²) in [6.07, 6.45) is 3.10. The largest absolute Gasteiger partial charge is 0.387 e. The highest BCUT2D eigenvalue weighted by molar-refractivity contribution is 7.90. The van der Waals surface area contributed by atoms with Gasteiger partial charge in [0.25, 0.3) is 10.0 Å². The topological polar surface area (TPSA) is 112 Å². The third-order valence-corrected chi connectivity index (χ3v) is 9.16. The van der Waals surface area contributed by atoms with E-state index in [4.69, 9.17) is 21.6 Å². The van der Waals surface area contributed by atoms with Gasteiger partial charge in [-0.3, -0.25) is 4.79 Å². The predicted molar refractivity (Wildman–Crippen MR) is 169 cm³/mol. The second kappa shape index (κ2) is 13.7. The first-order valence-electron chi connectivity index (χ1n) is 14.5. The number of carbonyl (C=O) groups excluding carboxylic acids is 1. The molecule has 43 heavy (non-hydrogen) atoms. The Bertz CT molecular complexity index is 1660. The van der Waals surface area contributed by atoms with Crippen LogP contribution in [0, 0.1) is 6.92 Å². The SMILES string of the molecule is Cc1ccc(-c2nc3c(nc2-c2ccc(Cl)cc2)N(CCCCCCC(=O)NS(=O)(=O)c2ccccc2)CCC3O)cc1. The second-order valence-corrected chi connectivity index (χ2v) is 12.9. The molecule has 1 aliphatic heterocycles. The molecule has 0 bridgehead atoms. The minimum atomic E-state index is -3.85. The Balaban J connectivity index is 1.24. The van der Waals surface area contributed by atoms with Gasteiger partial charge in [-0.1, -0.05) is 84.6 Å². The van der Waals surface area contributed by atoms with Crippen molar-refractivity contribution < 1.29 is 18.3 Å². The van der Waals surface area contributed by atoms with Crippen LogP contribution in [0.1, 0.15) is 55.9 Å². The number of aryl methyl sites for hydroxylation is 1. The lowest BCUT2D eigenvalue weighted by Crippen LogP contribution is -2.34. The van der Waals surface area contributed by atoms with Crippen LogP contribution in [0.25, 0.3) is 22.5 Å². The summed E-state index contributed by atoms with van der Waals surface area (Å²) in [6, 6.07) is 23.5. The van der Waals surface area contributed by atoms with Crippen molar-refractivity contribution in [3.8, 4) is 22.5 Å². The van der Waals surface area contributed by atoms with Crippen molar-refractivity contribution in [1.29, 1.82) is 0 Å². The molecular weight excluding hydrogens is 584 g/mol. The first kappa shape index (κ1) is 30.7. The van der Waals surface area contributed by atoms with Crippen LogP contribution in [0.2, 0.25) is 5.02 Å². The molecule has 224 valence electrons. The van der Waals surface area contributed by atoms with Gasteiger partial charge < -0.3 is 10.0 Å². The van der Waals surface area contributed by atoms with E-state index in [2.05, 4.69) is 9.62 Å². The number of unbranched alkanes of at least 4 members (excludes halogenated alkanes) is 3. The number of nitrogens with one attached hydrogen (secondary N) is 1. The van der Waals surface area contributed by atoms with Gasteiger partial charge in [0.15, 0.2) is 5.82 Å². The second-order valence-electron chi connectivity index (χ2n) is 10.8. The minimum absolute atomic E-state index is 0.0728. The van der Waals surface area contributed by atoms with Crippen LogP contribution >= 0.6 is 11.6 Å². The molecule has 0 aliphatic carbocycles. The first-order valence-corrected chi connectivity index (χ1v) is 16.4. The number of amides is 1. The number of carbonyl (C=O) groups is 1. The third-order valence-electron chi connectivity index (χ3n) is 7.52. The first-order chi connectivity index (χ1) is 20.7. The summed E-state index contributed by atoms with van der Waals surface area (Å²) in [4.78, 5) is 24.6. The molecule has 2 heterocycles. The fourth-order valence-corrected chi connectivity index (χ4v) is 6.32. The van der Waals surface area contributed by atoms with E-state index in [9.17, 15) is 18.3 Å². The van der Waals surface area contributed by atoms with Crippen LogP contribution in [-0.2, 0) is 14.8 Å². The van der Waals surface area contributed by atoms with Gasteiger partial charge in [-0.15, -0.1) is 0 Å². The van der Waals surface area contributed by atoms with Gasteiger partial charge >= 0.3 is 0 Å². The van der Waals surface area contributed by atoms with E-state index in [0.29, 0.717) is 35.9 Å². The molecule has 0 saturated carbocycles. The summed E-state index contributed by atoms with van der Waals surface area (Å²) >= 11 is 6.17. The number of rotatable bonds is 11. The molecule has 1 atom stereocenters. The Morgan fingerprint density at radius 2 is 1.53 bits per heavy atom. The fourth-order valence-electron chi connectivity index (χ4n) is 5.16. The summed E-state index contributed by atoms with van der Waals surface area (Å²) in [6.45, 7) is 3.43. The smallest absolute Gasteiger partial charge is 0.264 e. The molecule has 1 aliphatic rings. The molecule has 5 rings (SSSR count). The van der Waals surface area contributed by atoms with Crippen LogP contribution in [0.5, 0.6) is 0 Å². The minimum Gasteiger partial charge on any atom is -0.387 e. The Morgan fingerprint density at radius 1 is 0.907 bits per heavy atom. The average Bonchev–Trinajstić information content (AvgIpc) is 3.00. The zero-order valence-electron chi connectivity index (χ0n) is 24.0. The van der Waals surface area contributed by atoms with E-state index in [-0.39, 0.29) is 11.3 Å². The highest BCUT2D eigenvalue weighted by atomic mass is 35.5. The standard InChI is InChI=1S/C33H35ClN4O4S/c1-23-12-14-24(15-13-23)30-31(25-16-18-26(34)19-17-25)36-33-32(35-30)28(39)20-22-38(33)21-8-3-2-7-11-29(40)37-43(41,42)27-9-5-4-6-10-27/h4-6,9-10,12-19,28,39H,2-3,7-8,11,20-22H2,1H3,(H,37,40). The number of nitrogens with zero attached hydrogens (tertiary/aromatic N) is 3. The molecule has 0 saturated heterocycles. The van der Waals surface area contributed by atoms with Crippen molar-refractivity contribution >= 4 is 33.3 Å². The van der Waals surface area contributed by atoms with Crippen molar-refractivity contribution in [2.24, 2.45) is 0 Å². The molecule has 1 aromatic heterocycles. The van der Waals surface area contributed by atoms with Crippen LogP contribution in [0.3, 0.4) is 0 Å². The fraction of sp³-hybridized carbons (Fsp3) is 0.303. The molecule has 3 aromatic carbocycles. The molecule has 0 radical (unpaired) electrons. The van der Waals surface area contributed by atoms with Gasteiger partial charge in [-0.2, -0.15) is 0 Å². The third kappa shape index (κ3) is 7.60. The van der Waals surface area contributed by atoms with Gasteiger partial charge in [0.1, 0.15) is 11.8 Å². The average molecular weight is 619 g/mol. The molecule has 0 fully saturated rings. The van der Waals surface area contributed by atoms with E-state index in [1.165, 1.54) is 12.1 Å². The molecule has 10 heteroatoms.